The van der Waals surface area contributed by atoms with Gasteiger partial charge in [-0.05, 0) is 37.5 Å². The van der Waals surface area contributed by atoms with Gasteiger partial charge in [-0.2, -0.15) is 0 Å². The molecular weight excluding hydrogens is 233 g/mol. The van der Waals surface area contributed by atoms with E-state index < -0.39 is 0 Å². The number of halogens is 1. The molecule has 18 heavy (non-hydrogen) atoms. The number of rotatable bonds is 4. The lowest BCUT2D eigenvalue weighted by atomic mass is 10.2. The minimum Gasteiger partial charge on any atom is -0.396 e. The number of hydrogen-bond donors (Lipinski definition) is 2. The molecule has 2 aromatic rings. The topological polar surface area (TPSA) is 64.1 Å². The maximum Gasteiger partial charge on any atom is 0.127 e. The minimum atomic E-state index is -0.300. The number of aliphatic hydroxyl groups excluding tert-OH is 1. The van der Waals surface area contributed by atoms with Crippen molar-refractivity contribution in [2.45, 2.75) is 31.3 Å². The first-order chi connectivity index (χ1) is 8.70. The van der Waals surface area contributed by atoms with Crippen molar-refractivity contribution < 1.29 is 9.50 Å². The maximum atomic E-state index is 13.3. The molecule has 1 aliphatic carbocycles. The van der Waals surface area contributed by atoms with Gasteiger partial charge in [-0.15, -0.1) is 0 Å². The molecule has 1 aromatic heterocycles. The highest BCUT2D eigenvalue weighted by Crippen LogP contribution is 2.40. The van der Waals surface area contributed by atoms with Crippen LogP contribution < -0.4 is 5.73 Å². The van der Waals surface area contributed by atoms with E-state index in [-0.39, 0.29) is 18.5 Å². The molecule has 0 spiro atoms. The molecular formula is C13H16FN3O. The zero-order valence-corrected chi connectivity index (χ0v) is 10.0. The van der Waals surface area contributed by atoms with Crippen molar-refractivity contribution in [3.05, 3.63) is 29.8 Å². The van der Waals surface area contributed by atoms with E-state index in [1.54, 1.807) is 6.07 Å². The van der Waals surface area contributed by atoms with Crippen LogP contribution in [-0.2, 0) is 0 Å². The van der Waals surface area contributed by atoms with E-state index in [2.05, 4.69) is 4.98 Å². The normalized spacial score (nSPS) is 17.3. The fraction of sp³-hybridized carbons (Fsp3) is 0.462. The van der Waals surface area contributed by atoms with E-state index in [1.807, 2.05) is 4.57 Å². The van der Waals surface area contributed by atoms with E-state index in [0.717, 1.165) is 29.7 Å². The van der Waals surface area contributed by atoms with Gasteiger partial charge in [0, 0.05) is 12.6 Å². The van der Waals surface area contributed by atoms with Crippen LogP contribution in [0.2, 0.25) is 0 Å². The first-order valence-electron chi connectivity index (χ1n) is 6.24. The molecule has 3 N–H and O–H groups in total. The summed E-state index contributed by atoms with van der Waals surface area (Å²) < 4.78 is 15.4. The molecule has 1 aliphatic rings. The standard InChI is InChI=1S/C13H16FN3O/c14-8-1-4-11-12(7-8)17(9-2-3-9)13(16-11)10(15)5-6-18/h1,4,7,9-10,18H,2-3,5-6,15H2. The predicted octanol–water partition coefficient (Wildman–Crippen LogP) is 1.89. The fourth-order valence-electron chi connectivity index (χ4n) is 2.33. The van der Waals surface area contributed by atoms with Crippen molar-refractivity contribution in [3.8, 4) is 0 Å². The van der Waals surface area contributed by atoms with Crippen molar-refractivity contribution in [3.63, 3.8) is 0 Å². The van der Waals surface area contributed by atoms with Crippen LogP contribution in [0, 0.1) is 5.82 Å². The Bertz CT molecular complexity index is 577. The van der Waals surface area contributed by atoms with Gasteiger partial charge in [-0.1, -0.05) is 0 Å². The number of aromatic nitrogens is 2. The largest absolute Gasteiger partial charge is 0.396 e. The molecule has 0 amide bonds. The molecule has 1 aromatic carbocycles. The van der Waals surface area contributed by atoms with E-state index in [0.29, 0.717) is 12.5 Å². The van der Waals surface area contributed by atoms with Crippen molar-refractivity contribution in [2.75, 3.05) is 6.61 Å². The number of nitrogens with zero attached hydrogens (tertiary/aromatic N) is 2. The molecule has 96 valence electrons. The molecule has 1 unspecified atom stereocenters. The van der Waals surface area contributed by atoms with Crippen LogP contribution in [0.15, 0.2) is 18.2 Å². The Morgan fingerprint density at radius 3 is 2.94 bits per heavy atom. The lowest BCUT2D eigenvalue weighted by molar-refractivity contribution is 0.273. The molecule has 1 fully saturated rings. The van der Waals surface area contributed by atoms with Gasteiger partial charge in [0.1, 0.15) is 11.6 Å². The number of benzene rings is 1. The number of imidazole rings is 1. The van der Waals surface area contributed by atoms with E-state index >= 15 is 0 Å². The van der Waals surface area contributed by atoms with E-state index in [9.17, 15) is 4.39 Å². The van der Waals surface area contributed by atoms with Gasteiger partial charge >= 0.3 is 0 Å². The third-order valence-corrected chi connectivity index (χ3v) is 3.36. The number of fused-ring (bicyclic) bond motifs is 1. The quantitative estimate of drug-likeness (QED) is 0.869. The van der Waals surface area contributed by atoms with Gasteiger partial charge in [0.05, 0.1) is 17.1 Å². The van der Waals surface area contributed by atoms with Gasteiger partial charge in [0.2, 0.25) is 0 Å². The van der Waals surface area contributed by atoms with Crippen LogP contribution >= 0.6 is 0 Å². The van der Waals surface area contributed by atoms with Crippen LogP contribution in [0.3, 0.4) is 0 Å². The summed E-state index contributed by atoms with van der Waals surface area (Å²) in [7, 11) is 0. The number of nitrogens with two attached hydrogens (primary N) is 1. The van der Waals surface area contributed by atoms with Gasteiger partial charge < -0.3 is 15.4 Å². The average molecular weight is 249 g/mol. The molecule has 0 saturated heterocycles. The summed E-state index contributed by atoms with van der Waals surface area (Å²) in [4.78, 5) is 4.49. The third-order valence-electron chi connectivity index (χ3n) is 3.36. The molecule has 0 radical (unpaired) electrons. The van der Waals surface area contributed by atoms with Crippen molar-refractivity contribution >= 4 is 11.0 Å². The van der Waals surface area contributed by atoms with E-state index in [4.69, 9.17) is 10.8 Å². The Morgan fingerprint density at radius 2 is 2.28 bits per heavy atom. The van der Waals surface area contributed by atoms with Gasteiger partial charge in [-0.25, -0.2) is 9.37 Å². The average Bonchev–Trinajstić information content (AvgIpc) is 3.10. The Kier molecular flexibility index (Phi) is 2.80. The molecule has 5 heteroatoms. The molecule has 0 bridgehead atoms. The van der Waals surface area contributed by atoms with Gasteiger partial charge in [0.25, 0.3) is 0 Å². The van der Waals surface area contributed by atoms with Crippen molar-refractivity contribution in [1.29, 1.82) is 0 Å². The van der Waals surface area contributed by atoms with Crippen LogP contribution in [0.25, 0.3) is 11.0 Å². The first-order valence-corrected chi connectivity index (χ1v) is 6.24. The smallest absolute Gasteiger partial charge is 0.127 e. The Balaban J connectivity index is 2.15. The molecule has 1 atom stereocenters. The summed E-state index contributed by atoms with van der Waals surface area (Å²) in [5, 5.41) is 8.99. The highest BCUT2D eigenvalue weighted by atomic mass is 19.1. The van der Waals surface area contributed by atoms with Crippen molar-refractivity contribution in [2.24, 2.45) is 5.73 Å². The summed E-state index contributed by atoms with van der Waals surface area (Å²) in [6, 6.07) is 4.69. The van der Waals surface area contributed by atoms with Crippen LogP contribution in [0.4, 0.5) is 4.39 Å². The van der Waals surface area contributed by atoms with Gasteiger partial charge in [-0.3, -0.25) is 0 Å². The monoisotopic (exact) mass is 249 g/mol. The summed E-state index contributed by atoms with van der Waals surface area (Å²) in [5.41, 5.74) is 7.61. The predicted molar refractivity (Wildman–Crippen MR) is 66.6 cm³/mol. The van der Waals surface area contributed by atoms with Crippen molar-refractivity contribution in [1.82, 2.24) is 9.55 Å². The lowest BCUT2D eigenvalue weighted by Gasteiger charge is -2.13. The highest BCUT2D eigenvalue weighted by molar-refractivity contribution is 5.76. The van der Waals surface area contributed by atoms with Gasteiger partial charge in [0.15, 0.2) is 0 Å². The lowest BCUT2D eigenvalue weighted by Crippen LogP contribution is -2.17. The summed E-state index contributed by atoms with van der Waals surface area (Å²) in [5.74, 6) is 0.499. The van der Waals surface area contributed by atoms with E-state index in [1.165, 1.54) is 12.1 Å². The highest BCUT2D eigenvalue weighted by Gasteiger charge is 2.30. The summed E-state index contributed by atoms with van der Waals surface area (Å²) >= 11 is 0. The molecule has 0 aliphatic heterocycles. The molecule has 4 nitrogen and oxygen atoms in total. The maximum absolute atomic E-state index is 13.3. The fourth-order valence-corrected chi connectivity index (χ4v) is 2.33. The minimum absolute atomic E-state index is 0.0312. The van der Waals surface area contributed by atoms with Crippen LogP contribution in [0.5, 0.6) is 0 Å². The molecule has 1 saturated carbocycles. The summed E-state index contributed by atoms with van der Waals surface area (Å²) in [6.07, 6.45) is 2.64. The Labute approximate surface area is 104 Å². The SMILES string of the molecule is NC(CCO)c1nc2ccc(F)cc2n1C1CC1. The molecule has 3 rings (SSSR count). The zero-order chi connectivity index (χ0) is 12.7. The second kappa shape index (κ2) is 4.33. The first kappa shape index (κ1) is 11.6. The van der Waals surface area contributed by atoms with Crippen LogP contribution in [0.1, 0.15) is 37.2 Å². The number of aliphatic hydroxyl groups is 1. The van der Waals surface area contributed by atoms with Crippen LogP contribution in [-0.4, -0.2) is 21.3 Å². The second-order valence-corrected chi connectivity index (χ2v) is 4.82. The molecule has 1 heterocycles. The summed E-state index contributed by atoms with van der Waals surface area (Å²) in [6.45, 7) is 0.0312. The third kappa shape index (κ3) is 1.89. The number of hydrogen-bond acceptors (Lipinski definition) is 3. The Morgan fingerprint density at radius 1 is 1.50 bits per heavy atom. The Hall–Kier alpha value is -1.46. The second-order valence-electron chi connectivity index (χ2n) is 4.82. The zero-order valence-electron chi connectivity index (χ0n) is 10.0.